The molecule has 2 aliphatic rings. The van der Waals surface area contributed by atoms with Gasteiger partial charge in [0.1, 0.15) is 0 Å². The number of rotatable bonds is 4. The molecule has 3 nitrogen and oxygen atoms in total. The van der Waals surface area contributed by atoms with Gasteiger partial charge in [-0.3, -0.25) is 0 Å². The van der Waals surface area contributed by atoms with E-state index in [0.717, 1.165) is 12.5 Å². The molecule has 1 heterocycles. The minimum Gasteiger partial charge on any atom is -0.396 e. The Kier molecular flexibility index (Phi) is 4.35. The van der Waals surface area contributed by atoms with Crippen LogP contribution in [-0.4, -0.2) is 37.5 Å². The zero-order valence-corrected chi connectivity index (χ0v) is 12.2. The van der Waals surface area contributed by atoms with Gasteiger partial charge in [0, 0.05) is 12.6 Å². The Morgan fingerprint density at radius 2 is 1.89 bits per heavy atom. The van der Waals surface area contributed by atoms with Gasteiger partial charge in [-0.25, -0.2) is 0 Å². The van der Waals surface area contributed by atoms with Crippen LogP contribution in [0.5, 0.6) is 0 Å². The Hall–Kier alpha value is -0.120. The molecule has 0 aromatic heterocycles. The summed E-state index contributed by atoms with van der Waals surface area (Å²) in [6.07, 6.45) is 5.33. The molecular weight excluding hydrogens is 226 g/mol. The van der Waals surface area contributed by atoms with Crippen molar-refractivity contribution in [1.82, 2.24) is 5.32 Å². The predicted molar refractivity (Wildman–Crippen MR) is 73.5 cm³/mol. The first-order valence-corrected chi connectivity index (χ1v) is 7.39. The van der Waals surface area contributed by atoms with Crippen LogP contribution in [0, 0.1) is 16.7 Å². The highest BCUT2D eigenvalue weighted by atomic mass is 16.5. The van der Waals surface area contributed by atoms with Crippen LogP contribution in [0.2, 0.25) is 0 Å². The third-order valence-electron chi connectivity index (χ3n) is 4.77. The lowest BCUT2D eigenvalue weighted by atomic mass is 9.69. The topological polar surface area (TPSA) is 41.5 Å². The molecule has 0 amide bonds. The first kappa shape index (κ1) is 14.3. The molecule has 1 saturated carbocycles. The van der Waals surface area contributed by atoms with Crippen LogP contribution in [0.25, 0.3) is 0 Å². The van der Waals surface area contributed by atoms with Gasteiger partial charge >= 0.3 is 0 Å². The number of nitrogens with one attached hydrogen (secondary N) is 1. The standard InChI is InChI=1S/C15H29NO2/c1-14(2,3)12-6-4-5-7-13(12)16-8-15(9-17)10-18-11-15/h12-13,16-17H,4-11H2,1-3H3. The van der Waals surface area contributed by atoms with Crippen LogP contribution >= 0.6 is 0 Å². The van der Waals surface area contributed by atoms with Gasteiger partial charge in [0.05, 0.1) is 25.2 Å². The lowest BCUT2D eigenvalue weighted by Crippen LogP contribution is -2.56. The largest absolute Gasteiger partial charge is 0.396 e. The predicted octanol–water partition coefficient (Wildman–Crippen LogP) is 2.19. The average Bonchev–Trinajstić information content (AvgIpc) is 2.27. The summed E-state index contributed by atoms with van der Waals surface area (Å²) < 4.78 is 5.26. The highest BCUT2D eigenvalue weighted by Crippen LogP contribution is 2.38. The fraction of sp³-hybridized carbons (Fsp3) is 1.00. The smallest absolute Gasteiger partial charge is 0.0579 e. The summed E-state index contributed by atoms with van der Waals surface area (Å²) in [7, 11) is 0. The van der Waals surface area contributed by atoms with Crippen LogP contribution in [0.4, 0.5) is 0 Å². The summed E-state index contributed by atoms with van der Waals surface area (Å²) in [6, 6.07) is 0.614. The van der Waals surface area contributed by atoms with Crippen molar-refractivity contribution in [2.45, 2.75) is 52.5 Å². The van der Waals surface area contributed by atoms with Crippen LogP contribution < -0.4 is 5.32 Å². The summed E-state index contributed by atoms with van der Waals surface area (Å²) >= 11 is 0. The number of hydrogen-bond acceptors (Lipinski definition) is 3. The van der Waals surface area contributed by atoms with Gasteiger partial charge in [0.15, 0.2) is 0 Å². The zero-order valence-electron chi connectivity index (χ0n) is 12.2. The van der Waals surface area contributed by atoms with Gasteiger partial charge in [0.25, 0.3) is 0 Å². The molecule has 2 rings (SSSR count). The maximum absolute atomic E-state index is 9.47. The summed E-state index contributed by atoms with van der Waals surface area (Å²) in [5, 5.41) is 13.2. The van der Waals surface area contributed by atoms with E-state index in [4.69, 9.17) is 4.74 Å². The Labute approximate surface area is 111 Å². The molecule has 1 aliphatic carbocycles. The van der Waals surface area contributed by atoms with Gasteiger partial charge < -0.3 is 15.2 Å². The van der Waals surface area contributed by atoms with E-state index in [2.05, 4.69) is 26.1 Å². The van der Waals surface area contributed by atoms with Gasteiger partial charge in [-0.2, -0.15) is 0 Å². The Balaban J connectivity index is 1.89. The molecule has 2 fully saturated rings. The van der Waals surface area contributed by atoms with E-state index in [9.17, 15) is 5.11 Å². The second-order valence-corrected chi connectivity index (χ2v) is 7.40. The van der Waals surface area contributed by atoms with Crippen molar-refractivity contribution in [3.05, 3.63) is 0 Å². The quantitative estimate of drug-likeness (QED) is 0.809. The number of aliphatic hydroxyl groups is 1. The van der Waals surface area contributed by atoms with E-state index in [1.165, 1.54) is 25.7 Å². The molecule has 0 aromatic rings. The maximum atomic E-state index is 9.47. The van der Waals surface area contributed by atoms with Crippen LogP contribution in [0.3, 0.4) is 0 Å². The summed E-state index contributed by atoms with van der Waals surface area (Å²) in [5.41, 5.74) is 0.375. The van der Waals surface area contributed by atoms with Crippen molar-refractivity contribution in [3.63, 3.8) is 0 Å². The van der Waals surface area contributed by atoms with E-state index >= 15 is 0 Å². The normalized spacial score (nSPS) is 32.0. The number of hydrogen-bond donors (Lipinski definition) is 2. The third-order valence-corrected chi connectivity index (χ3v) is 4.77. The zero-order chi connectivity index (χ0) is 13.2. The maximum Gasteiger partial charge on any atom is 0.0579 e. The van der Waals surface area contributed by atoms with E-state index in [-0.39, 0.29) is 12.0 Å². The van der Waals surface area contributed by atoms with Crippen molar-refractivity contribution in [1.29, 1.82) is 0 Å². The molecule has 0 spiro atoms. The molecule has 2 atom stereocenters. The van der Waals surface area contributed by atoms with Gasteiger partial charge in [-0.1, -0.05) is 33.6 Å². The van der Waals surface area contributed by atoms with Gasteiger partial charge in [-0.15, -0.1) is 0 Å². The molecular formula is C15H29NO2. The summed E-state index contributed by atoms with van der Waals surface area (Å²) in [5.74, 6) is 0.753. The Bertz CT molecular complexity index is 263. The molecule has 2 N–H and O–H groups in total. The van der Waals surface area contributed by atoms with Crippen LogP contribution in [0.1, 0.15) is 46.5 Å². The van der Waals surface area contributed by atoms with E-state index in [1.807, 2.05) is 0 Å². The summed E-state index contributed by atoms with van der Waals surface area (Å²) in [4.78, 5) is 0. The molecule has 1 saturated heterocycles. The monoisotopic (exact) mass is 255 g/mol. The number of aliphatic hydroxyl groups excluding tert-OH is 1. The summed E-state index contributed by atoms with van der Waals surface area (Å²) in [6.45, 7) is 9.63. The first-order chi connectivity index (χ1) is 8.47. The Morgan fingerprint density at radius 3 is 2.39 bits per heavy atom. The van der Waals surface area contributed by atoms with E-state index in [0.29, 0.717) is 24.7 Å². The van der Waals surface area contributed by atoms with E-state index < -0.39 is 0 Å². The molecule has 0 radical (unpaired) electrons. The molecule has 0 bridgehead atoms. The van der Waals surface area contributed by atoms with E-state index in [1.54, 1.807) is 0 Å². The number of ether oxygens (including phenoxy) is 1. The third kappa shape index (κ3) is 3.06. The molecule has 106 valence electrons. The van der Waals surface area contributed by atoms with Crippen molar-refractivity contribution >= 4 is 0 Å². The highest BCUT2D eigenvalue weighted by Gasteiger charge is 2.40. The molecule has 0 aromatic carbocycles. The SMILES string of the molecule is CC(C)(C)C1CCCCC1NCC1(CO)COC1. The van der Waals surface area contributed by atoms with Crippen LogP contribution in [-0.2, 0) is 4.74 Å². The lowest BCUT2D eigenvalue weighted by molar-refractivity contribution is -0.136. The minimum absolute atomic E-state index is 0.000118. The van der Waals surface area contributed by atoms with Crippen molar-refractivity contribution in [3.8, 4) is 0 Å². The fourth-order valence-corrected chi connectivity index (χ4v) is 3.40. The van der Waals surface area contributed by atoms with Gasteiger partial charge in [-0.05, 0) is 24.2 Å². The Morgan fingerprint density at radius 1 is 1.22 bits per heavy atom. The molecule has 2 unspecified atom stereocenters. The second-order valence-electron chi connectivity index (χ2n) is 7.40. The molecule has 1 aliphatic heterocycles. The second kappa shape index (κ2) is 5.48. The molecule has 3 heteroatoms. The first-order valence-electron chi connectivity index (χ1n) is 7.39. The van der Waals surface area contributed by atoms with Crippen LogP contribution in [0.15, 0.2) is 0 Å². The van der Waals surface area contributed by atoms with Crippen molar-refractivity contribution in [2.75, 3.05) is 26.4 Å². The van der Waals surface area contributed by atoms with Crippen molar-refractivity contribution < 1.29 is 9.84 Å². The highest BCUT2D eigenvalue weighted by molar-refractivity contribution is 4.92. The lowest BCUT2D eigenvalue weighted by Gasteiger charge is -2.45. The fourth-order valence-electron chi connectivity index (χ4n) is 3.40. The molecule has 18 heavy (non-hydrogen) atoms. The van der Waals surface area contributed by atoms with Crippen molar-refractivity contribution in [2.24, 2.45) is 16.7 Å². The minimum atomic E-state index is -0.000118. The van der Waals surface area contributed by atoms with Gasteiger partial charge in [0.2, 0.25) is 0 Å². The average molecular weight is 255 g/mol.